The SMILES string of the molecule is O=C(C=CC(=O)O[C@@H](C(=O)O)c1ccccc1)O[C@@H](C(=O)O)c1ccccc1. The van der Waals surface area contributed by atoms with Crippen molar-refractivity contribution >= 4 is 23.9 Å². The third-order valence-corrected chi connectivity index (χ3v) is 3.48. The summed E-state index contributed by atoms with van der Waals surface area (Å²) in [5, 5.41) is 18.4. The molecule has 0 amide bonds. The first-order valence-corrected chi connectivity index (χ1v) is 8.03. The van der Waals surface area contributed by atoms with Gasteiger partial charge in [-0.1, -0.05) is 60.7 Å². The Labute approximate surface area is 159 Å². The quantitative estimate of drug-likeness (QED) is 0.524. The maximum Gasteiger partial charge on any atom is 0.349 e. The van der Waals surface area contributed by atoms with Crippen molar-refractivity contribution in [1.82, 2.24) is 0 Å². The highest BCUT2D eigenvalue weighted by Crippen LogP contribution is 2.19. The van der Waals surface area contributed by atoms with Crippen LogP contribution in [0.1, 0.15) is 23.3 Å². The molecule has 0 unspecified atom stereocenters. The van der Waals surface area contributed by atoms with Crippen molar-refractivity contribution in [2.24, 2.45) is 0 Å². The number of carbonyl (C=O) groups is 4. The highest BCUT2D eigenvalue weighted by molar-refractivity contribution is 5.93. The zero-order valence-electron chi connectivity index (χ0n) is 14.4. The molecule has 2 aromatic carbocycles. The van der Waals surface area contributed by atoms with Crippen LogP contribution in [0.4, 0.5) is 0 Å². The fourth-order valence-electron chi connectivity index (χ4n) is 2.22. The third kappa shape index (κ3) is 5.80. The van der Waals surface area contributed by atoms with Gasteiger partial charge in [0.05, 0.1) is 0 Å². The number of ether oxygens (including phenoxy) is 2. The van der Waals surface area contributed by atoms with Crippen LogP contribution in [0.15, 0.2) is 72.8 Å². The molecule has 0 aliphatic heterocycles. The van der Waals surface area contributed by atoms with E-state index in [1.807, 2.05) is 0 Å². The van der Waals surface area contributed by atoms with Crippen LogP contribution in [0.5, 0.6) is 0 Å². The van der Waals surface area contributed by atoms with Gasteiger partial charge in [0.1, 0.15) is 0 Å². The summed E-state index contributed by atoms with van der Waals surface area (Å²) in [5.74, 6) is -4.96. The Hall–Kier alpha value is -3.94. The first kappa shape index (κ1) is 20.4. The zero-order chi connectivity index (χ0) is 20.5. The average Bonchev–Trinajstić information content (AvgIpc) is 2.69. The van der Waals surface area contributed by atoms with Gasteiger partial charge in [0.25, 0.3) is 0 Å². The lowest BCUT2D eigenvalue weighted by molar-refractivity contribution is -0.162. The second-order valence-electron chi connectivity index (χ2n) is 5.47. The Morgan fingerprint density at radius 2 is 0.964 bits per heavy atom. The summed E-state index contributed by atoms with van der Waals surface area (Å²) in [7, 11) is 0. The summed E-state index contributed by atoms with van der Waals surface area (Å²) in [6.07, 6.45) is -1.76. The van der Waals surface area contributed by atoms with E-state index in [0.717, 1.165) is 0 Å². The molecule has 2 N–H and O–H groups in total. The van der Waals surface area contributed by atoms with Crippen molar-refractivity contribution in [2.75, 3.05) is 0 Å². The minimum absolute atomic E-state index is 0.245. The molecule has 28 heavy (non-hydrogen) atoms. The molecule has 0 saturated carbocycles. The average molecular weight is 384 g/mol. The second-order valence-corrected chi connectivity index (χ2v) is 5.47. The van der Waals surface area contributed by atoms with E-state index < -0.39 is 36.1 Å². The minimum Gasteiger partial charge on any atom is -0.478 e. The van der Waals surface area contributed by atoms with Crippen LogP contribution < -0.4 is 0 Å². The van der Waals surface area contributed by atoms with Gasteiger partial charge in [-0.3, -0.25) is 0 Å². The molecule has 2 atom stereocenters. The predicted molar refractivity (Wildman–Crippen MR) is 95.0 cm³/mol. The summed E-state index contributed by atoms with van der Waals surface area (Å²) < 4.78 is 9.67. The largest absolute Gasteiger partial charge is 0.478 e. The van der Waals surface area contributed by atoms with Gasteiger partial charge < -0.3 is 19.7 Å². The number of carboxylic acid groups (broad SMARTS) is 2. The van der Waals surface area contributed by atoms with Crippen LogP contribution in [0.3, 0.4) is 0 Å². The van der Waals surface area contributed by atoms with Gasteiger partial charge in [-0.2, -0.15) is 0 Å². The Kier molecular flexibility index (Phi) is 7.04. The van der Waals surface area contributed by atoms with E-state index in [-0.39, 0.29) is 11.1 Å². The Bertz CT molecular complexity index is 800. The first-order chi connectivity index (χ1) is 13.4. The number of rotatable bonds is 8. The van der Waals surface area contributed by atoms with Crippen LogP contribution >= 0.6 is 0 Å². The van der Waals surface area contributed by atoms with Crippen molar-refractivity contribution in [3.8, 4) is 0 Å². The van der Waals surface area contributed by atoms with Gasteiger partial charge in [0.15, 0.2) is 0 Å². The summed E-state index contributed by atoms with van der Waals surface area (Å²) in [4.78, 5) is 46.2. The molecular formula is C20H16O8. The van der Waals surface area contributed by atoms with E-state index in [9.17, 15) is 29.4 Å². The number of benzene rings is 2. The fraction of sp³-hybridized carbons (Fsp3) is 0.100. The number of hydrogen-bond donors (Lipinski definition) is 2. The molecule has 0 spiro atoms. The van der Waals surface area contributed by atoms with E-state index >= 15 is 0 Å². The van der Waals surface area contributed by atoms with Crippen LogP contribution in [0, 0.1) is 0 Å². The molecule has 0 saturated heterocycles. The zero-order valence-corrected chi connectivity index (χ0v) is 14.4. The molecule has 0 aromatic heterocycles. The van der Waals surface area contributed by atoms with Crippen LogP contribution in [0.2, 0.25) is 0 Å². The summed E-state index contributed by atoms with van der Waals surface area (Å²) in [5.41, 5.74) is 0.490. The lowest BCUT2D eigenvalue weighted by atomic mass is 10.1. The van der Waals surface area contributed by atoms with E-state index in [2.05, 4.69) is 0 Å². The van der Waals surface area contributed by atoms with Gasteiger partial charge in [0.2, 0.25) is 12.2 Å². The molecule has 2 aromatic rings. The first-order valence-electron chi connectivity index (χ1n) is 8.03. The van der Waals surface area contributed by atoms with Gasteiger partial charge in [-0.05, 0) is 0 Å². The Morgan fingerprint density at radius 3 is 1.25 bits per heavy atom. The number of esters is 2. The third-order valence-electron chi connectivity index (χ3n) is 3.48. The molecule has 144 valence electrons. The van der Waals surface area contributed by atoms with Crippen LogP contribution in [-0.2, 0) is 28.7 Å². The molecule has 0 heterocycles. The second kappa shape index (κ2) is 9.67. The maximum atomic E-state index is 11.8. The molecule has 2 rings (SSSR count). The van der Waals surface area contributed by atoms with Gasteiger partial charge >= 0.3 is 23.9 Å². The number of carbonyl (C=O) groups excluding carboxylic acids is 2. The lowest BCUT2D eigenvalue weighted by Crippen LogP contribution is -2.19. The minimum atomic E-state index is -1.55. The van der Waals surface area contributed by atoms with Gasteiger partial charge in [-0.25, -0.2) is 19.2 Å². The monoisotopic (exact) mass is 384 g/mol. The van der Waals surface area contributed by atoms with Crippen molar-refractivity contribution in [3.63, 3.8) is 0 Å². The molecule has 0 aliphatic rings. The highest BCUT2D eigenvalue weighted by atomic mass is 16.6. The number of aliphatic carboxylic acids is 2. The smallest absolute Gasteiger partial charge is 0.349 e. The van der Waals surface area contributed by atoms with Crippen LogP contribution in [-0.4, -0.2) is 34.1 Å². The fourth-order valence-corrected chi connectivity index (χ4v) is 2.22. The van der Waals surface area contributed by atoms with Crippen LogP contribution in [0.25, 0.3) is 0 Å². The van der Waals surface area contributed by atoms with Gasteiger partial charge in [-0.15, -0.1) is 0 Å². The number of carboxylic acids is 2. The molecule has 0 radical (unpaired) electrons. The van der Waals surface area contributed by atoms with Crippen molar-refractivity contribution in [3.05, 3.63) is 83.9 Å². The van der Waals surface area contributed by atoms with E-state index in [1.165, 1.54) is 24.3 Å². The van der Waals surface area contributed by atoms with Crippen molar-refractivity contribution in [1.29, 1.82) is 0 Å². The topological polar surface area (TPSA) is 127 Å². The lowest BCUT2D eigenvalue weighted by Gasteiger charge is -2.13. The normalized spacial score (nSPS) is 12.7. The predicted octanol–water partition coefficient (Wildman–Crippen LogP) is 2.28. The van der Waals surface area contributed by atoms with E-state index in [4.69, 9.17) is 9.47 Å². The molecular weight excluding hydrogens is 368 g/mol. The maximum absolute atomic E-state index is 11.8. The molecule has 0 fully saturated rings. The summed E-state index contributed by atoms with van der Waals surface area (Å²) in [6, 6.07) is 15.6. The van der Waals surface area contributed by atoms with Gasteiger partial charge in [0, 0.05) is 23.3 Å². The molecule has 0 bridgehead atoms. The molecule has 8 nitrogen and oxygen atoms in total. The molecule has 0 aliphatic carbocycles. The highest BCUT2D eigenvalue weighted by Gasteiger charge is 2.25. The van der Waals surface area contributed by atoms with E-state index in [1.54, 1.807) is 36.4 Å². The Balaban J connectivity index is 2.01. The summed E-state index contributed by atoms with van der Waals surface area (Å²) in [6.45, 7) is 0. The summed E-state index contributed by atoms with van der Waals surface area (Å²) >= 11 is 0. The van der Waals surface area contributed by atoms with Crippen molar-refractivity contribution in [2.45, 2.75) is 12.2 Å². The number of hydrogen-bond acceptors (Lipinski definition) is 6. The standard InChI is InChI=1S/C20H16O8/c21-15(27-17(19(23)24)13-7-3-1-4-8-13)11-12-16(22)28-18(20(25)26)14-9-5-2-6-10-14/h1-12,17-18H,(H,23,24)(H,25,26)/t17-,18-/m1/s1. The van der Waals surface area contributed by atoms with Crippen molar-refractivity contribution < 1.29 is 38.9 Å². The van der Waals surface area contributed by atoms with E-state index in [0.29, 0.717) is 12.2 Å². The molecule has 8 heteroatoms. The Morgan fingerprint density at radius 1 is 0.643 bits per heavy atom.